The molecule has 2 aromatic heterocycles. The summed E-state index contributed by atoms with van der Waals surface area (Å²) in [5.74, 6) is 1.49. The van der Waals surface area contributed by atoms with Gasteiger partial charge in [0.1, 0.15) is 12.2 Å². The molecule has 0 bridgehead atoms. The van der Waals surface area contributed by atoms with E-state index in [1.165, 1.54) is 29.7 Å². The van der Waals surface area contributed by atoms with Gasteiger partial charge in [0.2, 0.25) is 0 Å². The first-order chi connectivity index (χ1) is 9.29. The molecule has 0 amide bonds. The van der Waals surface area contributed by atoms with Crippen molar-refractivity contribution in [2.75, 3.05) is 0 Å². The molecule has 2 aromatic rings. The zero-order chi connectivity index (χ0) is 13.2. The van der Waals surface area contributed by atoms with E-state index in [1.807, 2.05) is 16.0 Å². The van der Waals surface area contributed by atoms with Gasteiger partial charge in [0.25, 0.3) is 0 Å². The third kappa shape index (κ3) is 2.44. The molecule has 0 saturated carbocycles. The third-order valence-electron chi connectivity index (χ3n) is 4.03. The van der Waals surface area contributed by atoms with E-state index in [1.54, 1.807) is 6.33 Å². The number of fused-ring (bicyclic) bond motifs is 1. The molecule has 0 radical (unpaired) electrons. The van der Waals surface area contributed by atoms with Crippen LogP contribution >= 0.6 is 11.3 Å². The van der Waals surface area contributed by atoms with Gasteiger partial charge in [0.15, 0.2) is 0 Å². The van der Waals surface area contributed by atoms with Crippen LogP contribution in [0.4, 0.5) is 0 Å². The van der Waals surface area contributed by atoms with Crippen molar-refractivity contribution in [1.82, 2.24) is 14.8 Å². The fourth-order valence-corrected chi connectivity index (χ4v) is 4.03. The molecule has 1 aliphatic carbocycles. The summed E-state index contributed by atoms with van der Waals surface area (Å²) in [6.45, 7) is 2.94. The Labute approximate surface area is 117 Å². The molecule has 2 heterocycles. The smallest absolute Gasteiger partial charge is 0.138 e. The van der Waals surface area contributed by atoms with Gasteiger partial charge in [-0.1, -0.05) is 0 Å². The van der Waals surface area contributed by atoms with E-state index in [-0.39, 0.29) is 6.04 Å². The minimum Gasteiger partial charge on any atom is -0.327 e. The number of rotatable bonds is 4. The molecule has 4 nitrogen and oxygen atoms in total. The van der Waals surface area contributed by atoms with Crippen LogP contribution in [0.1, 0.15) is 41.9 Å². The van der Waals surface area contributed by atoms with E-state index < -0.39 is 0 Å². The van der Waals surface area contributed by atoms with E-state index in [0.29, 0.717) is 5.92 Å². The summed E-state index contributed by atoms with van der Waals surface area (Å²) in [7, 11) is 0. The summed E-state index contributed by atoms with van der Waals surface area (Å²) >= 11 is 1.87. The highest BCUT2D eigenvalue weighted by Crippen LogP contribution is 2.37. The van der Waals surface area contributed by atoms with Crippen molar-refractivity contribution in [3.05, 3.63) is 34.0 Å². The van der Waals surface area contributed by atoms with Crippen LogP contribution in [0, 0.1) is 0 Å². The SMILES string of the molecule is CCn1ncnc1CC(N)C1CCCc2sccc21. The molecule has 0 aliphatic heterocycles. The summed E-state index contributed by atoms with van der Waals surface area (Å²) in [6.07, 6.45) is 6.12. The topological polar surface area (TPSA) is 56.7 Å². The number of aryl methyl sites for hydroxylation is 2. The Balaban J connectivity index is 1.77. The summed E-state index contributed by atoms with van der Waals surface area (Å²) in [5.41, 5.74) is 7.94. The van der Waals surface area contributed by atoms with Crippen molar-refractivity contribution in [2.45, 2.75) is 51.1 Å². The van der Waals surface area contributed by atoms with Crippen molar-refractivity contribution >= 4 is 11.3 Å². The van der Waals surface area contributed by atoms with Crippen LogP contribution in [-0.4, -0.2) is 20.8 Å². The molecule has 0 spiro atoms. The number of nitrogens with zero attached hydrogens (tertiary/aromatic N) is 3. The molecule has 0 aromatic carbocycles. The Morgan fingerprint density at radius 3 is 3.32 bits per heavy atom. The van der Waals surface area contributed by atoms with Crippen molar-refractivity contribution in [1.29, 1.82) is 0 Å². The van der Waals surface area contributed by atoms with Crippen LogP contribution in [0.15, 0.2) is 17.8 Å². The molecular weight excluding hydrogens is 256 g/mol. The fourth-order valence-electron chi connectivity index (χ4n) is 3.03. The maximum atomic E-state index is 6.46. The van der Waals surface area contributed by atoms with Crippen LogP contribution in [0.3, 0.4) is 0 Å². The van der Waals surface area contributed by atoms with Crippen LogP contribution in [0.25, 0.3) is 0 Å². The highest BCUT2D eigenvalue weighted by molar-refractivity contribution is 7.10. The molecule has 102 valence electrons. The van der Waals surface area contributed by atoms with Gasteiger partial charge in [-0.05, 0) is 43.2 Å². The summed E-state index contributed by atoms with van der Waals surface area (Å²) in [4.78, 5) is 5.87. The van der Waals surface area contributed by atoms with Gasteiger partial charge in [0, 0.05) is 29.8 Å². The van der Waals surface area contributed by atoms with E-state index in [4.69, 9.17) is 5.73 Å². The maximum Gasteiger partial charge on any atom is 0.138 e. The van der Waals surface area contributed by atoms with Crippen molar-refractivity contribution < 1.29 is 0 Å². The minimum atomic E-state index is 0.142. The molecule has 2 N–H and O–H groups in total. The van der Waals surface area contributed by atoms with E-state index >= 15 is 0 Å². The third-order valence-corrected chi connectivity index (χ3v) is 5.03. The van der Waals surface area contributed by atoms with Gasteiger partial charge < -0.3 is 5.73 Å². The lowest BCUT2D eigenvalue weighted by molar-refractivity contribution is 0.448. The van der Waals surface area contributed by atoms with Crippen molar-refractivity contribution in [3.8, 4) is 0 Å². The number of aromatic nitrogens is 3. The number of hydrogen-bond donors (Lipinski definition) is 1. The number of nitrogens with two attached hydrogens (primary N) is 1. The Morgan fingerprint density at radius 1 is 1.58 bits per heavy atom. The van der Waals surface area contributed by atoms with Gasteiger partial charge in [-0.3, -0.25) is 4.68 Å². The highest BCUT2D eigenvalue weighted by Gasteiger charge is 2.27. The molecule has 2 unspecified atom stereocenters. The number of thiophene rings is 1. The molecular formula is C14H20N4S. The predicted molar refractivity (Wildman–Crippen MR) is 77.4 cm³/mol. The first-order valence-corrected chi connectivity index (χ1v) is 7.86. The zero-order valence-corrected chi connectivity index (χ0v) is 12.1. The summed E-state index contributed by atoms with van der Waals surface area (Å²) in [5, 5.41) is 6.42. The van der Waals surface area contributed by atoms with E-state index in [9.17, 15) is 0 Å². The monoisotopic (exact) mass is 276 g/mol. The highest BCUT2D eigenvalue weighted by atomic mass is 32.1. The Kier molecular flexibility index (Phi) is 3.66. The lowest BCUT2D eigenvalue weighted by Crippen LogP contribution is -2.33. The average Bonchev–Trinajstić information content (AvgIpc) is 3.05. The quantitative estimate of drug-likeness (QED) is 0.932. The first-order valence-electron chi connectivity index (χ1n) is 6.98. The van der Waals surface area contributed by atoms with Crippen LogP contribution in [0.5, 0.6) is 0 Å². The van der Waals surface area contributed by atoms with Crippen molar-refractivity contribution in [2.24, 2.45) is 5.73 Å². The largest absolute Gasteiger partial charge is 0.327 e. The molecule has 0 fully saturated rings. The lowest BCUT2D eigenvalue weighted by Gasteiger charge is -2.28. The van der Waals surface area contributed by atoms with Gasteiger partial charge in [0.05, 0.1) is 0 Å². The standard InChI is InChI=1S/C14H20N4S/c1-2-18-14(16-9-17-18)8-12(15)10-4-3-5-13-11(10)6-7-19-13/h6-7,9-10,12H,2-5,8,15H2,1H3. The Morgan fingerprint density at radius 2 is 2.47 bits per heavy atom. The summed E-state index contributed by atoms with van der Waals surface area (Å²) in [6, 6.07) is 2.40. The van der Waals surface area contributed by atoms with Gasteiger partial charge >= 0.3 is 0 Å². The van der Waals surface area contributed by atoms with E-state index in [2.05, 4.69) is 28.5 Å². The molecule has 1 aliphatic rings. The normalized spacial score (nSPS) is 20.2. The Hall–Kier alpha value is -1.20. The second-order valence-electron chi connectivity index (χ2n) is 5.16. The van der Waals surface area contributed by atoms with Gasteiger partial charge in [-0.15, -0.1) is 11.3 Å². The lowest BCUT2D eigenvalue weighted by atomic mass is 9.81. The number of hydrogen-bond acceptors (Lipinski definition) is 4. The zero-order valence-electron chi connectivity index (χ0n) is 11.2. The maximum absolute atomic E-state index is 6.46. The van der Waals surface area contributed by atoms with E-state index in [0.717, 1.165) is 18.8 Å². The minimum absolute atomic E-state index is 0.142. The van der Waals surface area contributed by atoms with Crippen LogP contribution in [-0.2, 0) is 19.4 Å². The second kappa shape index (κ2) is 5.43. The molecule has 5 heteroatoms. The predicted octanol–water partition coefficient (Wildman–Crippen LogP) is 2.35. The molecule has 0 saturated heterocycles. The molecule has 3 rings (SSSR count). The fraction of sp³-hybridized carbons (Fsp3) is 0.571. The summed E-state index contributed by atoms with van der Waals surface area (Å²) < 4.78 is 1.94. The van der Waals surface area contributed by atoms with Gasteiger partial charge in [-0.25, -0.2) is 4.98 Å². The van der Waals surface area contributed by atoms with Crippen LogP contribution in [0.2, 0.25) is 0 Å². The average molecular weight is 276 g/mol. The van der Waals surface area contributed by atoms with Crippen LogP contribution < -0.4 is 5.73 Å². The first kappa shape index (κ1) is 12.8. The second-order valence-corrected chi connectivity index (χ2v) is 6.16. The molecule has 19 heavy (non-hydrogen) atoms. The Bertz CT molecular complexity index is 545. The molecule has 2 atom stereocenters. The van der Waals surface area contributed by atoms with Gasteiger partial charge in [-0.2, -0.15) is 5.10 Å². The van der Waals surface area contributed by atoms with Crippen molar-refractivity contribution in [3.63, 3.8) is 0 Å².